The monoisotopic (exact) mass is 346 g/mol. The molecule has 0 atom stereocenters. The molecular formula is C18H14N6S. The predicted molar refractivity (Wildman–Crippen MR) is 99.8 cm³/mol. The number of rotatable bonds is 4. The zero-order chi connectivity index (χ0) is 17.1. The number of benzene rings is 1. The second kappa shape index (κ2) is 6.74. The number of pyridine rings is 2. The van der Waals surface area contributed by atoms with Crippen LogP contribution in [0, 0.1) is 0 Å². The summed E-state index contributed by atoms with van der Waals surface area (Å²) >= 11 is 1.47. The molecule has 0 spiro atoms. The van der Waals surface area contributed by atoms with Gasteiger partial charge in [0.2, 0.25) is 0 Å². The molecular weight excluding hydrogens is 332 g/mol. The van der Waals surface area contributed by atoms with Gasteiger partial charge in [-0.2, -0.15) is 0 Å². The van der Waals surface area contributed by atoms with Crippen LogP contribution >= 0.6 is 11.8 Å². The molecule has 0 bridgehead atoms. The van der Waals surface area contributed by atoms with E-state index in [2.05, 4.69) is 25.3 Å². The summed E-state index contributed by atoms with van der Waals surface area (Å²) in [7, 11) is 0. The lowest BCUT2D eigenvalue weighted by Gasteiger charge is -2.11. The maximum Gasteiger partial charge on any atom is 0.158 e. The number of nitrogen functional groups attached to an aromatic ring is 1. The molecule has 0 aliphatic heterocycles. The number of nitrogens with two attached hydrogens (primary N) is 1. The standard InChI is InChI=1S/C18H14N6S/c19-15-17(24-13-6-3-8-20-10-13)22-11-23-18(15)25-14-7-1-4-12-5-2-9-21-16(12)14/h1-11H,19H2,(H,22,23,24). The van der Waals surface area contributed by atoms with E-state index >= 15 is 0 Å². The first-order valence-corrected chi connectivity index (χ1v) is 8.42. The fourth-order valence-electron chi connectivity index (χ4n) is 2.40. The molecule has 3 N–H and O–H groups in total. The van der Waals surface area contributed by atoms with Crippen molar-refractivity contribution in [3.8, 4) is 0 Å². The Bertz CT molecular complexity index is 1020. The van der Waals surface area contributed by atoms with Gasteiger partial charge in [-0.3, -0.25) is 9.97 Å². The van der Waals surface area contributed by atoms with Crippen LogP contribution in [0.4, 0.5) is 17.2 Å². The Kier molecular flexibility index (Phi) is 4.14. The molecule has 3 heterocycles. The fourth-order valence-corrected chi connectivity index (χ4v) is 3.33. The van der Waals surface area contributed by atoms with Crippen LogP contribution < -0.4 is 11.1 Å². The molecule has 122 valence electrons. The maximum absolute atomic E-state index is 6.27. The molecule has 0 fully saturated rings. The van der Waals surface area contributed by atoms with Crippen molar-refractivity contribution < 1.29 is 0 Å². The molecule has 4 aromatic rings. The number of nitrogens with zero attached hydrogens (tertiary/aromatic N) is 4. The van der Waals surface area contributed by atoms with Gasteiger partial charge < -0.3 is 11.1 Å². The lowest BCUT2D eigenvalue weighted by atomic mass is 10.2. The molecule has 0 unspecified atom stereocenters. The van der Waals surface area contributed by atoms with Crippen LogP contribution in [0.25, 0.3) is 10.9 Å². The summed E-state index contributed by atoms with van der Waals surface area (Å²) in [6.45, 7) is 0. The maximum atomic E-state index is 6.27. The largest absolute Gasteiger partial charge is 0.394 e. The number of hydrogen-bond acceptors (Lipinski definition) is 7. The van der Waals surface area contributed by atoms with Gasteiger partial charge in [-0.1, -0.05) is 30.0 Å². The Hall–Kier alpha value is -3.19. The van der Waals surface area contributed by atoms with Gasteiger partial charge in [0.1, 0.15) is 17.0 Å². The molecule has 4 rings (SSSR count). The minimum atomic E-state index is 0.490. The third kappa shape index (κ3) is 3.22. The van der Waals surface area contributed by atoms with Crippen LogP contribution in [-0.4, -0.2) is 19.9 Å². The second-order valence-electron chi connectivity index (χ2n) is 5.24. The Morgan fingerprint density at radius 2 is 1.80 bits per heavy atom. The summed E-state index contributed by atoms with van der Waals surface area (Å²) in [5, 5.41) is 4.93. The van der Waals surface area contributed by atoms with Crippen molar-refractivity contribution in [3.63, 3.8) is 0 Å². The molecule has 0 saturated heterocycles. The van der Waals surface area contributed by atoms with Gasteiger partial charge in [0.05, 0.1) is 17.4 Å². The highest BCUT2D eigenvalue weighted by Gasteiger charge is 2.12. The van der Waals surface area contributed by atoms with Crippen molar-refractivity contribution in [1.82, 2.24) is 19.9 Å². The zero-order valence-electron chi connectivity index (χ0n) is 13.1. The minimum absolute atomic E-state index is 0.490. The molecule has 7 heteroatoms. The highest BCUT2D eigenvalue weighted by molar-refractivity contribution is 7.99. The molecule has 0 aliphatic rings. The van der Waals surface area contributed by atoms with Crippen molar-refractivity contribution in [2.24, 2.45) is 0 Å². The van der Waals surface area contributed by atoms with Crippen molar-refractivity contribution in [1.29, 1.82) is 0 Å². The van der Waals surface area contributed by atoms with E-state index in [9.17, 15) is 0 Å². The average Bonchev–Trinajstić information content (AvgIpc) is 2.66. The van der Waals surface area contributed by atoms with Gasteiger partial charge in [0.15, 0.2) is 5.82 Å². The molecule has 25 heavy (non-hydrogen) atoms. The number of hydrogen-bond donors (Lipinski definition) is 2. The van der Waals surface area contributed by atoms with Crippen molar-refractivity contribution >= 4 is 39.9 Å². The molecule has 6 nitrogen and oxygen atoms in total. The van der Waals surface area contributed by atoms with Crippen LogP contribution in [0.1, 0.15) is 0 Å². The van der Waals surface area contributed by atoms with E-state index in [4.69, 9.17) is 5.73 Å². The van der Waals surface area contributed by atoms with Gasteiger partial charge in [0, 0.05) is 22.7 Å². The zero-order valence-corrected chi connectivity index (χ0v) is 13.9. The molecule has 0 radical (unpaired) electrons. The molecule has 1 aromatic carbocycles. The summed E-state index contributed by atoms with van der Waals surface area (Å²) in [4.78, 5) is 18.1. The van der Waals surface area contributed by atoms with Crippen LogP contribution in [0.15, 0.2) is 77.3 Å². The van der Waals surface area contributed by atoms with Crippen LogP contribution in [0.2, 0.25) is 0 Å². The molecule has 3 aromatic heterocycles. The highest BCUT2D eigenvalue weighted by Crippen LogP contribution is 2.36. The quantitative estimate of drug-likeness (QED) is 0.542. The first kappa shape index (κ1) is 15.3. The van der Waals surface area contributed by atoms with E-state index in [-0.39, 0.29) is 0 Å². The Labute approximate surface area is 148 Å². The number of fused-ring (bicyclic) bond motifs is 1. The summed E-state index contributed by atoms with van der Waals surface area (Å²) in [6, 6.07) is 13.7. The van der Waals surface area contributed by atoms with Gasteiger partial charge in [-0.15, -0.1) is 0 Å². The van der Waals surface area contributed by atoms with Gasteiger partial charge >= 0.3 is 0 Å². The third-order valence-electron chi connectivity index (χ3n) is 3.57. The normalized spacial score (nSPS) is 10.7. The first-order chi connectivity index (χ1) is 12.3. The minimum Gasteiger partial charge on any atom is -0.394 e. The Morgan fingerprint density at radius 3 is 2.68 bits per heavy atom. The van der Waals surface area contributed by atoms with E-state index < -0.39 is 0 Å². The predicted octanol–water partition coefficient (Wildman–Crippen LogP) is 3.90. The average molecular weight is 346 g/mol. The lowest BCUT2D eigenvalue weighted by molar-refractivity contribution is 1.06. The van der Waals surface area contributed by atoms with E-state index in [0.29, 0.717) is 16.5 Å². The third-order valence-corrected chi connectivity index (χ3v) is 4.64. The highest BCUT2D eigenvalue weighted by atomic mass is 32.2. The molecule has 0 saturated carbocycles. The summed E-state index contributed by atoms with van der Waals surface area (Å²) in [5.74, 6) is 0.554. The SMILES string of the molecule is Nc1c(Nc2cccnc2)ncnc1Sc1cccc2cccnc12. The second-order valence-corrected chi connectivity index (χ2v) is 6.27. The van der Waals surface area contributed by atoms with Crippen molar-refractivity contribution in [2.75, 3.05) is 11.1 Å². The Balaban J connectivity index is 1.68. The molecule has 0 aliphatic carbocycles. The van der Waals surface area contributed by atoms with Gasteiger partial charge in [0.25, 0.3) is 0 Å². The van der Waals surface area contributed by atoms with Crippen LogP contribution in [-0.2, 0) is 0 Å². The Morgan fingerprint density at radius 1 is 0.920 bits per heavy atom. The number of aromatic nitrogens is 4. The van der Waals surface area contributed by atoms with Gasteiger partial charge in [-0.05, 0) is 24.3 Å². The summed E-state index contributed by atoms with van der Waals surface area (Å²) < 4.78 is 0. The van der Waals surface area contributed by atoms with E-state index in [0.717, 1.165) is 21.5 Å². The smallest absolute Gasteiger partial charge is 0.158 e. The number of nitrogens with one attached hydrogen (secondary N) is 1. The topological polar surface area (TPSA) is 89.6 Å². The summed E-state index contributed by atoms with van der Waals surface area (Å²) in [5.41, 5.74) is 8.51. The van der Waals surface area contributed by atoms with Crippen LogP contribution in [0.3, 0.4) is 0 Å². The number of para-hydroxylation sites is 1. The van der Waals surface area contributed by atoms with E-state index in [1.165, 1.54) is 18.1 Å². The first-order valence-electron chi connectivity index (χ1n) is 7.60. The van der Waals surface area contributed by atoms with E-state index in [1.54, 1.807) is 18.6 Å². The lowest BCUT2D eigenvalue weighted by Crippen LogP contribution is -2.02. The van der Waals surface area contributed by atoms with Crippen molar-refractivity contribution in [2.45, 2.75) is 9.92 Å². The number of anilines is 3. The summed E-state index contributed by atoms with van der Waals surface area (Å²) in [6.07, 6.45) is 6.70. The van der Waals surface area contributed by atoms with Crippen LogP contribution in [0.5, 0.6) is 0 Å². The molecule has 0 amide bonds. The van der Waals surface area contributed by atoms with Gasteiger partial charge in [-0.25, -0.2) is 9.97 Å². The van der Waals surface area contributed by atoms with Crippen molar-refractivity contribution in [3.05, 3.63) is 67.4 Å². The fraction of sp³-hybridized carbons (Fsp3) is 0. The van der Waals surface area contributed by atoms with E-state index in [1.807, 2.05) is 42.5 Å².